The van der Waals surface area contributed by atoms with Crippen LogP contribution in [0.25, 0.3) is 10.2 Å². The minimum Gasteiger partial charge on any atom is -0.493 e. The molecule has 0 bridgehead atoms. The summed E-state index contributed by atoms with van der Waals surface area (Å²) in [6, 6.07) is 17.7. The first-order valence-electron chi connectivity index (χ1n) is 10.1. The number of aromatic nitrogens is 2. The SMILES string of the molecule is COc1cc2nc(N(Cc3cccnc3)C(=O)CCSc3ccccc3)sc2cc1OC. The maximum atomic E-state index is 13.3. The molecule has 0 aliphatic carbocycles. The predicted molar refractivity (Wildman–Crippen MR) is 130 cm³/mol. The molecule has 4 rings (SSSR count). The van der Waals surface area contributed by atoms with Gasteiger partial charge in [0.05, 0.1) is 31.0 Å². The van der Waals surface area contributed by atoms with Gasteiger partial charge in [-0.1, -0.05) is 35.6 Å². The molecular formula is C24H23N3O3S2. The van der Waals surface area contributed by atoms with Gasteiger partial charge in [0, 0.05) is 41.6 Å². The first-order chi connectivity index (χ1) is 15.7. The summed E-state index contributed by atoms with van der Waals surface area (Å²) in [6.07, 6.45) is 3.91. The maximum Gasteiger partial charge on any atom is 0.229 e. The van der Waals surface area contributed by atoms with E-state index in [4.69, 9.17) is 14.5 Å². The van der Waals surface area contributed by atoms with Gasteiger partial charge in [0.2, 0.25) is 5.91 Å². The maximum absolute atomic E-state index is 13.3. The molecule has 2 aromatic heterocycles. The molecule has 164 valence electrons. The molecule has 8 heteroatoms. The smallest absolute Gasteiger partial charge is 0.229 e. The fraction of sp³-hybridized carbons (Fsp3) is 0.208. The van der Waals surface area contributed by atoms with Crippen LogP contribution in [-0.4, -0.2) is 35.8 Å². The zero-order chi connectivity index (χ0) is 22.3. The Morgan fingerprint density at radius 2 is 1.84 bits per heavy atom. The van der Waals surface area contributed by atoms with Gasteiger partial charge in [-0.15, -0.1) is 11.8 Å². The molecule has 0 aliphatic heterocycles. The Balaban J connectivity index is 1.59. The number of anilines is 1. The Labute approximate surface area is 195 Å². The summed E-state index contributed by atoms with van der Waals surface area (Å²) in [5.41, 5.74) is 1.72. The number of hydrogen-bond donors (Lipinski definition) is 0. The van der Waals surface area contributed by atoms with Gasteiger partial charge in [0.1, 0.15) is 0 Å². The van der Waals surface area contributed by atoms with E-state index in [0.717, 1.165) is 20.7 Å². The Kier molecular flexibility index (Phi) is 7.24. The molecule has 1 amide bonds. The van der Waals surface area contributed by atoms with Crippen LogP contribution in [0.4, 0.5) is 5.13 Å². The van der Waals surface area contributed by atoms with Crippen LogP contribution in [0.3, 0.4) is 0 Å². The summed E-state index contributed by atoms with van der Waals surface area (Å²) in [7, 11) is 3.20. The Bertz CT molecular complexity index is 1140. The third-order valence-corrected chi connectivity index (χ3v) is 6.86. The first kappa shape index (κ1) is 22.1. The van der Waals surface area contributed by atoms with Gasteiger partial charge in [-0.25, -0.2) is 4.98 Å². The summed E-state index contributed by atoms with van der Waals surface area (Å²) in [4.78, 5) is 25.1. The van der Waals surface area contributed by atoms with Crippen LogP contribution in [0.2, 0.25) is 0 Å². The summed E-state index contributed by atoms with van der Waals surface area (Å²) in [6.45, 7) is 0.413. The average molecular weight is 466 g/mol. The summed E-state index contributed by atoms with van der Waals surface area (Å²) in [5, 5.41) is 0.647. The lowest BCUT2D eigenvalue weighted by molar-refractivity contribution is -0.118. The third-order valence-electron chi connectivity index (χ3n) is 4.81. The molecule has 6 nitrogen and oxygen atoms in total. The average Bonchev–Trinajstić information content (AvgIpc) is 3.25. The minimum absolute atomic E-state index is 0.0234. The summed E-state index contributed by atoms with van der Waals surface area (Å²) in [5.74, 6) is 1.97. The number of carbonyl (C=O) groups is 1. The molecular weight excluding hydrogens is 442 g/mol. The van der Waals surface area contributed by atoms with Crippen molar-refractivity contribution in [2.75, 3.05) is 24.9 Å². The highest BCUT2D eigenvalue weighted by molar-refractivity contribution is 7.99. The lowest BCUT2D eigenvalue weighted by Gasteiger charge is -2.20. The molecule has 2 aromatic carbocycles. The van der Waals surface area contributed by atoms with Crippen molar-refractivity contribution in [2.45, 2.75) is 17.9 Å². The van der Waals surface area contributed by atoms with Gasteiger partial charge in [-0.3, -0.25) is 14.7 Å². The highest BCUT2D eigenvalue weighted by Crippen LogP contribution is 2.37. The highest BCUT2D eigenvalue weighted by Gasteiger charge is 2.21. The van der Waals surface area contributed by atoms with Crippen molar-refractivity contribution in [3.63, 3.8) is 0 Å². The van der Waals surface area contributed by atoms with E-state index in [1.165, 1.54) is 11.3 Å². The summed E-state index contributed by atoms with van der Waals surface area (Å²) < 4.78 is 11.7. The van der Waals surface area contributed by atoms with Crippen LogP contribution in [0.15, 0.2) is 71.9 Å². The second kappa shape index (κ2) is 10.5. The second-order valence-corrected chi connectivity index (χ2v) is 9.10. The van der Waals surface area contributed by atoms with Crippen molar-refractivity contribution in [1.82, 2.24) is 9.97 Å². The number of pyridine rings is 1. The van der Waals surface area contributed by atoms with Crippen molar-refractivity contribution in [2.24, 2.45) is 0 Å². The number of thiazole rings is 1. The van der Waals surface area contributed by atoms with Crippen molar-refractivity contribution >= 4 is 44.4 Å². The number of thioether (sulfide) groups is 1. The molecule has 0 saturated carbocycles. The Morgan fingerprint density at radius 1 is 1.06 bits per heavy atom. The number of nitrogens with zero attached hydrogens (tertiary/aromatic N) is 3. The largest absolute Gasteiger partial charge is 0.493 e. The van der Waals surface area contributed by atoms with Crippen LogP contribution < -0.4 is 14.4 Å². The number of fused-ring (bicyclic) bond motifs is 1. The van der Waals surface area contributed by atoms with E-state index in [-0.39, 0.29) is 5.91 Å². The highest BCUT2D eigenvalue weighted by atomic mass is 32.2. The molecule has 0 atom stereocenters. The third kappa shape index (κ3) is 5.20. The first-order valence-corrected chi connectivity index (χ1v) is 11.9. The standard InChI is InChI=1S/C24H23N3O3S2/c1-29-20-13-19-22(14-21(20)30-2)32-24(26-19)27(16-17-7-6-11-25-15-17)23(28)10-12-31-18-8-4-3-5-9-18/h3-9,11,13-15H,10,12,16H2,1-2H3. The zero-order valence-electron chi connectivity index (χ0n) is 17.9. The van der Waals surface area contributed by atoms with Crippen molar-refractivity contribution in [3.05, 3.63) is 72.6 Å². The topological polar surface area (TPSA) is 64.5 Å². The lowest BCUT2D eigenvalue weighted by atomic mass is 10.2. The minimum atomic E-state index is 0.0234. The van der Waals surface area contributed by atoms with Gasteiger partial charge in [-0.2, -0.15) is 0 Å². The van der Waals surface area contributed by atoms with Gasteiger partial charge < -0.3 is 9.47 Å². The van der Waals surface area contributed by atoms with Crippen LogP contribution in [0, 0.1) is 0 Å². The van der Waals surface area contributed by atoms with E-state index in [2.05, 4.69) is 17.1 Å². The number of ether oxygens (including phenoxy) is 2. The number of hydrogen-bond acceptors (Lipinski definition) is 7. The zero-order valence-corrected chi connectivity index (χ0v) is 19.5. The van der Waals surface area contributed by atoms with E-state index in [1.807, 2.05) is 42.5 Å². The van der Waals surface area contributed by atoms with E-state index >= 15 is 0 Å². The molecule has 0 fully saturated rings. The van der Waals surface area contributed by atoms with E-state index in [9.17, 15) is 4.79 Å². The number of rotatable bonds is 9. The van der Waals surface area contributed by atoms with E-state index in [1.54, 1.807) is 43.3 Å². The molecule has 0 unspecified atom stereocenters. The molecule has 2 heterocycles. The van der Waals surface area contributed by atoms with Gasteiger partial charge >= 0.3 is 0 Å². The summed E-state index contributed by atoms with van der Waals surface area (Å²) >= 11 is 3.14. The van der Waals surface area contributed by atoms with Crippen molar-refractivity contribution in [1.29, 1.82) is 0 Å². The quantitative estimate of drug-likeness (QED) is 0.307. The van der Waals surface area contributed by atoms with Crippen LogP contribution in [0.5, 0.6) is 11.5 Å². The normalized spacial score (nSPS) is 10.8. The number of methoxy groups -OCH3 is 2. The predicted octanol–water partition coefficient (Wildman–Crippen LogP) is 5.42. The van der Waals surface area contributed by atoms with Crippen molar-refractivity contribution in [3.8, 4) is 11.5 Å². The molecule has 4 aromatic rings. The Morgan fingerprint density at radius 3 is 2.56 bits per heavy atom. The molecule has 0 N–H and O–H groups in total. The fourth-order valence-electron chi connectivity index (χ4n) is 3.20. The van der Waals surface area contributed by atoms with Gasteiger partial charge in [0.15, 0.2) is 16.6 Å². The fourth-order valence-corrected chi connectivity index (χ4v) is 5.06. The van der Waals surface area contributed by atoms with Crippen molar-refractivity contribution < 1.29 is 14.3 Å². The van der Waals surface area contributed by atoms with E-state index < -0.39 is 0 Å². The molecule has 0 saturated heterocycles. The van der Waals surface area contributed by atoms with Crippen LogP contribution in [-0.2, 0) is 11.3 Å². The second-order valence-electron chi connectivity index (χ2n) is 6.92. The monoisotopic (exact) mass is 465 g/mol. The Hall–Kier alpha value is -3.10. The number of carbonyl (C=O) groups excluding carboxylic acids is 1. The number of benzene rings is 2. The van der Waals surface area contributed by atoms with Crippen LogP contribution in [0.1, 0.15) is 12.0 Å². The number of amides is 1. The molecule has 0 aliphatic rings. The van der Waals surface area contributed by atoms with Gasteiger partial charge in [-0.05, 0) is 23.8 Å². The lowest BCUT2D eigenvalue weighted by Crippen LogP contribution is -2.30. The molecule has 0 spiro atoms. The molecule has 0 radical (unpaired) electrons. The van der Waals surface area contributed by atoms with E-state index in [0.29, 0.717) is 35.3 Å². The van der Waals surface area contributed by atoms with Gasteiger partial charge in [0.25, 0.3) is 0 Å². The van der Waals surface area contributed by atoms with Crippen LogP contribution >= 0.6 is 23.1 Å². The molecule has 32 heavy (non-hydrogen) atoms.